The lowest BCUT2D eigenvalue weighted by Gasteiger charge is -2.23. The Balaban J connectivity index is 4.05. The Morgan fingerprint density at radius 2 is 1.75 bits per heavy atom. The number of amides is 1. The summed E-state index contributed by atoms with van der Waals surface area (Å²) in [7, 11) is 0. The molecule has 0 aromatic heterocycles. The molecule has 0 bridgehead atoms. The van der Waals surface area contributed by atoms with E-state index in [1.54, 1.807) is 0 Å². The van der Waals surface area contributed by atoms with E-state index >= 15 is 0 Å². The van der Waals surface area contributed by atoms with Gasteiger partial charge in [0.2, 0.25) is 5.91 Å². The largest absolute Gasteiger partial charge is 0.350 e. The molecule has 0 aliphatic heterocycles. The van der Waals surface area contributed by atoms with Gasteiger partial charge in [0, 0.05) is 5.54 Å². The average Bonchev–Trinajstić information content (AvgIpc) is 1.82. The third-order valence-corrected chi connectivity index (χ3v) is 2.04. The lowest BCUT2D eigenvalue weighted by atomic mass is 10.1. The molecule has 0 aromatic rings. The number of nitrogens with one attached hydrogen (secondary N) is 1. The summed E-state index contributed by atoms with van der Waals surface area (Å²) in [6, 6.07) is 0. The number of hydrogen-bond acceptors (Lipinski definition) is 1. The third kappa shape index (κ3) is 4.60. The van der Waals surface area contributed by atoms with Crippen molar-refractivity contribution in [3.8, 4) is 0 Å². The molecule has 1 atom stereocenters. The summed E-state index contributed by atoms with van der Waals surface area (Å²) in [5.41, 5.74) is -0.195. The van der Waals surface area contributed by atoms with Crippen molar-refractivity contribution in [3.63, 3.8) is 0 Å². The maximum absolute atomic E-state index is 11.4. The molecule has 0 aromatic carbocycles. The van der Waals surface area contributed by atoms with E-state index in [2.05, 4.69) is 5.32 Å². The third-order valence-electron chi connectivity index (χ3n) is 1.33. The number of halogens is 1. The van der Waals surface area contributed by atoms with Gasteiger partial charge < -0.3 is 5.32 Å². The van der Waals surface area contributed by atoms with Crippen LogP contribution in [-0.2, 0) is 4.79 Å². The van der Waals surface area contributed by atoms with Crippen molar-refractivity contribution in [2.45, 2.75) is 45.5 Å². The van der Waals surface area contributed by atoms with Crippen LogP contribution in [0.4, 0.5) is 0 Å². The number of alkyl halides is 1. The fourth-order valence-electron chi connectivity index (χ4n) is 0.741. The van der Waals surface area contributed by atoms with E-state index in [4.69, 9.17) is 11.6 Å². The lowest BCUT2D eigenvalue weighted by Crippen LogP contribution is -2.45. The molecule has 0 spiro atoms. The summed E-state index contributed by atoms with van der Waals surface area (Å²) in [6.45, 7) is 9.68. The van der Waals surface area contributed by atoms with Crippen molar-refractivity contribution in [1.29, 1.82) is 0 Å². The van der Waals surface area contributed by atoms with Gasteiger partial charge in [-0.1, -0.05) is 13.8 Å². The Hall–Kier alpha value is -0.240. The van der Waals surface area contributed by atoms with Crippen LogP contribution < -0.4 is 5.32 Å². The van der Waals surface area contributed by atoms with Crippen LogP contribution >= 0.6 is 11.6 Å². The maximum Gasteiger partial charge on any atom is 0.238 e. The van der Waals surface area contributed by atoms with Crippen molar-refractivity contribution in [2.24, 2.45) is 5.92 Å². The van der Waals surface area contributed by atoms with E-state index in [-0.39, 0.29) is 17.4 Å². The van der Waals surface area contributed by atoms with Crippen molar-refractivity contribution < 1.29 is 4.79 Å². The lowest BCUT2D eigenvalue weighted by molar-refractivity contribution is -0.122. The van der Waals surface area contributed by atoms with Gasteiger partial charge in [-0.3, -0.25) is 4.79 Å². The summed E-state index contributed by atoms with van der Waals surface area (Å²) >= 11 is 5.86. The highest BCUT2D eigenvalue weighted by Gasteiger charge is 2.22. The minimum absolute atomic E-state index is 0.0841. The zero-order chi connectivity index (χ0) is 9.94. The van der Waals surface area contributed by atoms with E-state index in [1.807, 2.05) is 34.6 Å². The topological polar surface area (TPSA) is 29.1 Å². The van der Waals surface area contributed by atoms with Crippen LogP contribution in [0.5, 0.6) is 0 Å². The SMILES string of the molecule is CC(C)C(Cl)C(=O)NC(C)(C)C. The van der Waals surface area contributed by atoms with Gasteiger partial charge in [-0.2, -0.15) is 0 Å². The Kier molecular flexibility index (Phi) is 4.04. The van der Waals surface area contributed by atoms with Crippen molar-refractivity contribution in [2.75, 3.05) is 0 Å². The van der Waals surface area contributed by atoms with Crippen molar-refractivity contribution in [1.82, 2.24) is 5.32 Å². The van der Waals surface area contributed by atoms with Crippen LogP contribution in [0.15, 0.2) is 0 Å². The highest BCUT2D eigenvalue weighted by Crippen LogP contribution is 2.11. The number of hydrogen-bond donors (Lipinski definition) is 1. The molecule has 1 amide bonds. The van der Waals surface area contributed by atoms with Crippen LogP contribution in [-0.4, -0.2) is 16.8 Å². The van der Waals surface area contributed by atoms with Gasteiger partial charge in [0.05, 0.1) is 0 Å². The first-order valence-corrected chi connectivity index (χ1v) is 4.64. The van der Waals surface area contributed by atoms with Gasteiger partial charge in [0.15, 0.2) is 0 Å². The summed E-state index contributed by atoms with van der Waals surface area (Å²) in [5.74, 6) is 0.0909. The molecule has 12 heavy (non-hydrogen) atoms. The second-order valence-corrected chi connectivity index (χ2v) is 4.86. The molecule has 0 aliphatic rings. The summed E-state index contributed by atoms with van der Waals surface area (Å²) in [4.78, 5) is 11.4. The van der Waals surface area contributed by atoms with Crippen LogP contribution in [0.3, 0.4) is 0 Å². The second kappa shape index (κ2) is 4.13. The maximum atomic E-state index is 11.4. The average molecular weight is 192 g/mol. The van der Waals surface area contributed by atoms with E-state index in [0.29, 0.717) is 0 Å². The molecule has 0 aliphatic carbocycles. The molecule has 0 fully saturated rings. The first-order chi connectivity index (χ1) is 5.24. The second-order valence-electron chi connectivity index (χ2n) is 4.39. The molecule has 72 valence electrons. The number of carbonyl (C=O) groups is 1. The zero-order valence-electron chi connectivity index (χ0n) is 8.44. The van der Waals surface area contributed by atoms with Crippen LogP contribution in [0.1, 0.15) is 34.6 Å². The van der Waals surface area contributed by atoms with Gasteiger partial charge in [0.25, 0.3) is 0 Å². The first-order valence-electron chi connectivity index (χ1n) is 4.20. The van der Waals surface area contributed by atoms with E-state index in [1.165, 1.54) is 0 Å². The fraction of sp³-hybridized carbons (Fsp3) is 0.889. The van der Waals surface area contributed by atoms with E-state index < -0.39 is 5.38 Å². The molecule has 0 heterocycles. The van der Waals surface area contributed by atoms with Crippen LogP contribution in [0.2, 0.25) is 0 Å². The van der Waals surface area contributed by atoms with E-state index in [0.717, 1.165) is 0 Å². The standard InChI is InChI=1S/C9H18ClNO/c1-6(2)7(10)8(12)11-9(3,4)5/h6-7H,1-5H3,(H,11,12). The van der Waals surface area contributed by atoms with Gasteiger partial charge in [-0.15, -0.1) is 11.6 Å². The molecular formula is C9H18ClNO. The predicted octanol–water partition coefficient (Wildman–Crippen LogP) is 2.16. The minimum atomic E-state index is -0.427. The molecule has 3 heteroatoms. The molecule has 2 nitrogen and oxygen atoms in total. The minimum Gasteiger partial charge on any atom is -0.350 e. The highest BCUT2D eigenvalue weighted by molar-refractivity contribution is 6.30. The molecule has 1 unspecified atom stereocenters. The monoisotopic (exact) mass is 191 g/mol. The Labute approximate surface area is 79.7 Å². The molecule has 0 radical (unpaired) electrons. The van der Waals surface area contributed by atoms with Gasteiger partial charge in [0.1, 0.15) is 5.38 Å². The van der Waals surface area contributed by atoms with Crippen LogP contribution in [0, 0.1) is 5.92 Å². The molecule has 0 saturated carbocycles. The highest BCUT2D eigenvalue weighted by atomic mass is 35.5. The fourth-order valence-corrected chi connectivity index (χ4v) is 0.796. The normalized spacial score (nSPS) is 14.6. The van der Waals surface area contributed by atoms with E-state index in [9.17, 15) is 4.79 Å². The quantitative estimate of drug-likeness (QED) is 0.666. The first kappa shape index (κ1) is 11.8. The van der Waals surface area contributed by atoms with Crippen molar-refractivity contribution >= 4 is 17.5 Å². The Bertz CT molecular complexity index is 160. The Morgan fingerprint density at radius 3 is 2.00 bits per heavy atom. The van der Waals surface area contributed by atoms with Gasteiger partial charge >= 0.3 is 0 Å². The van der Waals surface area contributed by atoms with Gasteiger partial charge in [-0.05, 0) is 26.7 Å². The smallest absolute Gasteiger partial charge is 0.238 e. The molecular weight excluding hydrogens is 174 g/mol. The van der Waals surface area contributed by atoms with Crippen LogP contribution in [0.25, 0.3) is 0 Å². The summed E-state index contributed by atoms with van der Waals surface area (Å²) in [6.07, 6.45) is 0. The molecule has 0 rings (SSSR count). The molecule has 0 saturated heterocycles. The number of carbonyl (C=O) groups excluding carboxylic acids is 1. The predicted molar refractivity (Wildman–Crippen MR) is 52.4 cm³/mol. The molecule has 1 N–H and O–H groups in total. The Morgan fingerprint density at radius 1 is 1.33 bits per heavy atom. The summed E-state index contributed by atoms with van der Waals surface area (Å²) < 4.78 is 0. The summed E-state index contributed by atoms with van der Waals surface area (Å²) in [5, 5.41) is 2.40. The zero-order valence-corrected chi connectivity index (χ0v) is 9.20. The van der Waals surface area contributed by atoms with Gasteiger partial charge in [-0.25, -0.2) is 0 Å². The van der Waals surface area contributed by atoms with Crippen molar-refractivity contribution in [3.05, 3.63) is 0 Å². The number of rotatable bonds is 2.